The zero-order valence-corrected chi connectivity index (χ0v) is 10.8. The summed E-state index contributed by atoms with van der Waals surface area (Å²) in [6.07, 6.45) is 0.684. The normalized spacial score (nSPS) is 24.3. The van der Waals surface area contributed by atoms with Crippen LogP contribution in [0.15, 0.2) is 18.2 Å². The molecule has 4 heteroatoms. The van der Waals surface area contributed by atoms with Gasteiger partial charge in [-0.3, -0.25) is 9.69 Å². The van der Waals surface area contributed by atoms with Crippen molar-refractivity contribution in [2.75, 3.05) is 6.54 Å². The van der Waals surface area contributed by atoms with Crippen molar-refractivity contribution in [2.24, 2.45) is 5.92 Å². The minimum atomic E-state index is -0.724. The second-order valence-corrected chi connectivity index (χ2v) is 5.08. The van der Waals surface area contributed by atoms with Crippen LogP contribution in [0.4, 0.5) is 0 Å². The van der Waals surface area contributed by atoms with Crippen LogP contribution in [0.25, 0.3) is 0 Å². The molecule has 0 radical (unpaired) electrons. The first-order chi connectivity index (χ1) is 8.49. The van der Waals surface area contributed by atoms with E-state index in [4.69, 9.17) is 5.11 Å². The minimum absolute atomic E-state index is 0.0161. The molecule has 1 saturated heterocycles. The summed E-state index contributed by atoms with van der Waals surface area (Å²) < 4.78 is 0. The first-order valence-corrected chi connectivity index (χ1v) is 6.24. The average molecular weight is 249 g/mol. The maximum atomic E-state index is 11.1. The van der Waals surface area contributed by atoms with Gasteiger partial charge < -0.3 is 10.2 Å². The number of nitrogens with zero attached hydrogens (tertiary/aromatic N) is 1. The molecule has 1 fully saturated rings. The monoisotopic (exact) mass is 249 g/mol. The van der Waals surface area contributed by atoms with Crippen molar-refractivity contribution in [2.45, 2.75) is 32.9 Å². The summed E-state index contributed by atoms with van der Waals surface area (Å²) in [6.45, 7) is 5.30. The van der Waals surface area contributed by atoms with Gasteiger partial charge in [0.05, 0.1) is 5.92 Å². The SMILES string of the molecule is Cc1ccc(O)c(CN2CCC(C(=O)O)C2C)c1. The summed E-state index contributed by atoms with van der Waals surface area (Å²) in [7, 11) is 0. The van der Waals surface area contributed by atoms with Crippen LogP contribution in [0.5, 0.6) is 5.75 Å². The van der Waals surface area contributed by atoms with Gasteiger partial charge in [-0.2, -0.15) is 0 Å². The number of carbonyl (C=O) groups is 1. The van der Waals surface area contributed by atoms with Gasteiger partial charge in [-0.05, 0) is 32.9 Å². The highest BCUT2D eigenvalue weighted by molar-refractivity contribution is 5.71. The molecule has 1 aliphatic heterocycles. The molecule has 2 unspecified atom stereocenters. The molecule has 0 spiro atoms. The van der Waals surface area contributed by atoms with Crippen molar-refractivity contribution >= 4 is 5.97 Å². The molecule has 0 saturated carbocycles. The molecular weight excluding hydrogens is 230 g/mol. The number of benzene rings is 1. The lowest BCUT2D eigenvalue weighted by atomic mass is 10.0. The third kappa shape index (κ3) is 2.48. The second-order valence-electron chi connectivity index (χ2n) is 5.08. The number of carboxylic acid groups (broad SMARTS) is 1. The maximum absolute atomic E-state index is 11.1. The van der Waals surface area contributed by atoms with Gasteiger partial charge in [0.15, 0.2) is 0 Å². The number of carboxylic acids is 1. The molecule has 98 valence electrons. The van der Waals surface area contributed by atoms with Gasteiger partial charge in [-0.15, -0.1) is 0 Å². The highest BCUT2D eigenvalue weighted by Crippen LogP contribution is 2.28. The third-order valence-corrected chi connectivity index (χ3v) is 3.81. The highest BCUT2D eigenvalue weighted by atomic mass is 16.4. The Morgan fingerprint density at radius 1 is 1.50 bits per heavy atom. The van der Waals surface area contributed by atoms with E-state index in [1.807, 2.05) is 26.0 Å². The van der Waals surface area contributed by atoms with Gasteiger partial charge in [0, 0.05) is 18.2 Å². The molecule has 2 N–H and O–H groups in total. The van der Waals surface area contributed by atoms with E-state index in [0.717, 1.165) is 17.7 Å². The van der Waals surface area contributed by atoms with Crippen LogP contribution >= 0.6 is 0 Å². The molecule has 0 aromatic heterocycles. The van der Waals surface area contributed by atoms with Crippen LogP contribution in [-0.4, -0.2) is 33.7 Å². The lowest BCUT2D eigenvalue weighted by Gasteiger charge is -2.23. The van der Waals surface area contributed by atoms with E-state index in [9.17, 15) is 9.90 Å². The molecule has 0 amide bonds. The van der Waals surface area contributed by atoms with E-state index >= 15 is 0 Å². The van der Waals surface area contributed by atoms with Crippen LogP contribution in [-0.2, 0) is 11.3 Å². The summed E-state index contributed by atoms with van der Waals surface area (Å²) in [4.78, 5) is 13.2. The summed E-state index contributed by atoms with van der Waals surface area (Å²) >= 11 is 0. The third-order valence-electron chi connectivity index (χ3n) is 3.81. The molecule has 1 aromatic rings. The zero-order valence-electron chi connectivity index (χ0n) is 10.8. The number of aryl methyl sites for hydroxylation is 1. The van der Waals surface area contributed by atoms with E-state index < -0.39 is 5.97 Å². The molecule has 2 rings (SSSR count). The van der Waals surface area contributed by atoms with Gasteiger partial charge in [0.25, 0.3) is 0 Å². The Hall–Kier alpha value is -1.55. The number of hydrogen-bond donors (Lipinski definition) is 2. The van der Waals surface area contributed by atoms with Gasteiger partial charge >= 0.3 is 5.97 Å². The number of hydrogen-bond acceptors (Lipinski definition) is 3. The van der Waals surface area contributed by atoms with E-state index in [2.05, 4.69) is 4.90 Å². The topological polar surface area (TPSA) is 60.8 Å². The van der Waals surface area contributed by atoms with Crippen molar-refractivity contribution in [1.29, 1.82) is 0 Å². The molecule has 4 nitrogen and oxygen atoms in total. The lowest BCUT2D eigenvalue weighted by Crippen LogP contribution is -2.32. The largest absolute Gasteiger partial charge is 0.508 e. The Morgan fingerprint density at radius 3 is 2.83 bits per heavy atom. The number of aromatic hydroxyl groups is 1. The highest BCUT2D eigenvalue weighted by Gasteiger charge is 2.35. The molecule has 1 aliphatic rings. The van der Waals surface area contributed by atoms with Crippen LogP contribution in [0.1, 0.15) is 24.5 Å². The van der Waals surface area contributed by atoms with E-state index in [1.165, 1.54) is 0 Å². The lowest BCUT2D eigenvalue weighted by molar-refractivity contribution is -0.142. The Labute approximate surface area is 107 Å². The summed E-state index contributed by atoms with van der Waals surface area (Å²) in [5, 5.41) is 18.9. The molecule has 18 heavy (non-hydrogen) atoms. The molecule has 1 aromatic carbocycles. The fourth-order valence-electron chi connectivity index (χ4n) is 2.62. The molecular formula is C14H19NO3. The van der Waals surface area contributed by atoms with Crippen LogP contribution in [0, 0.1) is 12.8 Å². The first-order valence-electron chi connectivity index (χ1n) is 6.24. The number of likely N-dealkylation sites (tertiary alicyclic amines) is 1. The van der Waals surface area contributed by atoms with Crippen molar-refractivity contribution in [3.05, 3.63) is 29.3 Å². The molecule has 0 bridgehead atoms. The van der Waals surface area contributed by atoms with Crippen molar-refractivity contribution < 1.29 is 15.0 Å². The summed E-state index contributed by atoms with van der Waals surface area (Å²) in [5.74, 6) is -0.734. The van der Waals surface area contributed by atoms with Crippen molar-refractivity contribution in [3.8, 4) is 5.75 Å². The molecule has 1 heterocycles. The maximum Gasteiger partial charge on any atom is 0.308 e. The Morgan fingerprint density at radius 2 is 2.22 bits per heavy atom. The Balaban J connectivity index is 2.11. The second kappa shape index (κ2) is 4.98. The molecule has 0 aliphatic carbocycles. The zero-order chi connectivity index (χ0) is 13.3. The van der Waals surface area contributed by atoms with Crippen molar-refractivity contribution in [3.63, 3.8) is 0 Å². The van der Waals surface area contributed by atoms with Gasteiger partial charge in [-0.1, -0.05) is 17.7 Å². The van der Waals surface area contributed by atoms with Crippen molar-refractivity contribution in [1.82, 2.24) is 4.90 Å². The fourth-order valence-corrected chi connectivity index (χ4v) is 2.62. The predicted molar refractivity (Wildman–Crippen MR) is 68.5 cm³/mol. The van der Waals surface area contributed by atoms with E-state index in [1.54, 1.807) is 6.07 Å². The number of rotatable bonds is 3. The van der Waals surface area contributed by atoms with E-state index in [0.29, 0.717) is 13.0 Å². The van der Waals surface area contributed by atoms with Crippen LogP contribution in [0.2, 0.25) is 0 Å². The van der Waals surface area contributed by atoms with Gasteiger partial charge in [0.1, 0.15) is 5.75 Å². The summed E-state index contributed by atoms with van der Waals surface area (Å²) in [6, 6.07) is 5.53. The Bertz CT molecular complexity index is 458. The van der Waals surface area contributed by atoms with E-state index in [-0.39, 0.29) is 17.7 Å². The minimum Gasteiger partial charge on any atom is -0.508 e. The smallest absolute Gasteiger partial charge is 0.308 e. The number of phenols is 1. The van der Waals surface area contributed by atoms with Crippen LogP contribution in [0.3, 0.4) is 0 Å². The van der Waals surface area contributed by atoms with Gasteiger partial charge in [-0.25, -0.2) is 0 Å². The molecule has 2 atom stereocenters. The predicted octanol–water partition coefficient (Wildman–Crippen LogP) is 2.00. The summed E-state index contributed by atoms with van der Waals surface area (Å²) in [5.41, 5.74) is 1.97. The quantitative estimate of drug-likeness (QED) is 0.860. The van der Waals surface area contributed by atoms with Gasteiger partial charge in [0.2, 0.25) is 0 Å². The average Bonchev–Trinajstić information content (AvgIpc) is 2.66. The Kier molecular flexibility index (Phi) is 3.57. The standard InChI is InChI=1S/C14H19NO3/c1-9-3-4-13(16)11(7-9)8-15-6-5-12(10(15)2)14(17)18/h3-4,7,10,12,16H,5-6,8H2,1-2H3,(H,17,18). The number of phenolic OH excluding ortho intramolecular Hbond substituents is 1. The first kappa shape index (κ1) is 12.9. The van der Waals surface area contributed by atoms with Crippen LogP contribution < -0.4 is 0 Å². The number of aliphatic carboxylic acids is 1. The fraction of sp³-hybridized carbons (Fsp3) is 0.500.